The molecule has 3 aromatic carbocycles. The van der Waals surface area contributed by atoms with E-state index < -0.39 is 5.92 Å². The van der Waals surface area contributed by atoms with Crippen LogP contribution in [-0.4, -0.2) is 49.9 Å². The molecule has 0 bridgehead atoms. The molecule has 32 heavy (non-hydrogen) atoms. The monoisotopic (exact) mass is 431 g/mol. The third-order valence-corrected chi connectivity index (χ3v) is 5.66. The molecule has 1 atom stereocenters. The number of hydrogen-bond donors (Lipinski definition) is 1. The molecule has 3 aromatic rings. The third-order valence-electron chi connectivity index (χ3n) is 5.66. The summed E-state index contributed by atoms with van der Waals surface area (Å²) in [7, 11) is 3.16. The summed E-state index contributed by atoms with van der Waals surface area (Å²) in [6, 6.07) is 20.6. The number of carbonyl (C=O) groups excluding carboxylic acids is 3. The smallest absolute Gasteiger partial charge is 0.243 e. The molecule has 1 aliphatic heterocycles. The van der Waals surface area contributed by atoms with Crippen molar-refractivity contribution in [2.75, 3.05) is 37.5 Å². The number of fused-ring (bicyclic) bond motifs is 1. The Labute approximate surface area is 186 Å². The van der Waals surface area contributed by atoms with E-state index in [0.29, 0.717) is 18.0 Å². The molecule has 3 amide bonds. The predicted octanol–water partition coefficient (Wildman–Crippen LogP) is 3.30. The van der Waals surface area contributed by atoms with Gasteiger partial charge < -0.3 is 19.9 Å². The van der Waals surface area contributed by atoms with Crippen molar-refractivity contribution in [2.45, 2.75) is 6.42 Å². The Morgan fingerprint density at radius 3 is 2.53 bits per heavy atom. The highest BCUT2D eigenvalue weighted by molar-refractivity contribution is 6.07. The standard InChI is InChI=1S/C25H25N3O4/c1-27(16-23(29)26-19-10-12-20(32-2)13-11-19)25(31)18-14-24(30)28(15-18)22-9-5-7-17-6-3-4-8-21(17)22/h3-13,18H,14-16H2,1-2H3,(H,26,29)/t18-/m1/s1. The van der Waals surface area contributed by atoms with Crippen LogP contribution in [0.4, 0.5) is 11.4 Å². The topological polar surface area (TPSA) is 79.0 Å². The maximum atomic E-state index is 13.0. The van der Waals surface area contributed by atoms with Gasteiger partial charge in [0.15, 0.2) is 0 Å². The summed E-state index contributed by atoms with van der Waals surface area (Å²) in [5, 5.41) is 4.78. The van der Waals surface area contributed by atoms with Gasteiger partial charge >= 0.3 is 0 Å². The molecule has 0 spiro atoms. The average molecular weight is 431 g/mol. The maximum absolute atomic E-state index is 13.0. The first-order valence-corrected chi connectivity index (χ1v) is 10.4. The van der Waals surface area contributed by atoms with Crippen LogP contribution in [-0.2, 0) is 14.4 Å². The lowest BCUT2D eigenvalue weighted by atomic mass is 10.1. The van der Waals surface area contributed by atoms with Gasteiger partial charge in [-0.2, -0.15) is 0 Å². The summed E-state index contributed by atoms with van der Waals surface area (Å²) >= 11 is 0. The molecular weight excluding hydrogens is 406 g/mol. The fourth-order valence-corrected chi connectivity index (χ4v) is 4.03. The van der Waals surface area contributed by atoms with Crippen LogP contribution in [0.25, 0.3) is 10.8 Å². The van der Waals surface area contributed by atoms with E-state index in [0.717, 1.165) is 16.5 Å². The Balaban J connectivity index is 1.40. The minimum atomic E-state index is -0.486. The largest absolute Gasteiger partial charge is 0.497 e. The van der Waals surface area contributed by atoms with Crippen LogP contribution in [0, 0.1) is 5.92 Å². The molecule has 1 N–H and O–H groups in total. The number of benzene rings is 3. The molecule has 0 aliphatic carbocycles. The summed E-state index contributed by atoms with van der Waals surface area (Å²) in [5.74, 6) is -0.403. The number of carbonyl (C=O) groups is 3. The molecule has 1 saturated heterocycles. The van der Waals surface area contributed by atoms with E-state index in [9.17, 15) is 14.4 Å². The molecule has 4 rings (SSSR count). The molecule has 0 aromatic heterocycles. The van der Waals surface area contributed by atoms with Crippen LogP contribution in [0.3, 0.4) is 0 Å². The molecule has 0 unspecified atom stereocenters. The van der Waals surface area contributed by atoms with E-state index in [1.807, 2.05) is 42.5 Å². The highest BCUT2D eigenvalue weighted by Crippen LogP contribution is 2.32. The van der Waals surface area contributed by atoms with Crippen LogP contribution >= 0.6 is 0 Å². The number of anilines is 2. The van der Waals surface area contributed by atoms with E-state index >= 15 is 0 Å². The third kappa shape index (κ3) is 4.42. The Hall–Kier alpha value is -3.87. The minimum absolute atomic E-state index is 0.0872. The van der Waals surface area contributed by atoms with Crippen LogP contribution < -0.4 is 15.0 Å². The van der Waals surface area contributed by atoms with E-state index in [1.165, 1.54) is 4.90 Å². The fourth-order valence-electron chi connectivity index (χ4n) is 4.03. The number of methoxy groups -OCH3 is 1. The second-order valence-corrected chi connectivity index (χ2v) is 7.87. The van der Waals surface area contributed by atoms with Gasteiger partial charge in [0.2, 0.25) is 17.7 Å². The van der Waals surface area contributed by atoms with Gasteiger partial charge in [-0.25, -0.2) is 0 Å². The van der Waals surface area contributed by atoms with Crippen molar-refractivity contribution in [1.29, 1.82) is 0 Å². The van der Waals surface area contributed by atoms with Crippen LogP contribution in [0.1, 0.15) is 6.42 Å². The molecule has 1 aliphatic rings. The zero-order valence-electron chi connectivity index (χ0n) is 18.1. The highest BCUT2D eigenvalue weighted by atomic mass is 16.5. The molecule has 164 valence electrons. The van der Waals surface area contributed by atoms with Gasteiger partial charge in [0, 0.05) is 31.1 Å². The number of nitrogens with zero attached hydrogens (tertiary/aromatic N) is 2. The zero-order chi connectivity index (χ0) is 22.7. The Morgan fingerprint density at radius 2 is 1.78 bits per heavy atom. The van der Waals surface area contributed by atoms with E-state index in [1.54, 1.807) is 43.3 Å². The van der Waals surface area contributed by atoms with Crippen molar-refractivity contribution in [2.24, 2.45) is 5.92 Å². The van der Waals surface area contributed by atoms with Crippen molar-refractivity contribution in [3.63, 3.8) is 0 Å². The SMILES string of the molecule is COc1ccc(NC(=O)CN(C)C(=O)[C@@H]2CC(=O)N(c3cccc4ccccc34)C2)cc1. The van der Waals surface area contributed by atoms with Crippen LogP contribution in [0.2, 0.25) is 0 Å². The lowest BCUT2D eigenvalue weighted by Crippen LogP contribution is -2.39. The lowest BCUT2D eigenvalue weighted by molar-refractivity contribution is -0.137. The first-order valence-electron chi connectivity index (χ1n) is 10.4. The number of ether oxygens (including phenoxy) is 1. The number of rotatable bonds is 6. The molecule has 0 saturated carbocycles. The molecule has 7 heteroatoms. The van der Waals surface area contributed by atoms with Gasteiger partial charge in [-0.3, -0.25) is 14.4 Å². The van der Waals surface area contributed by atoms with Crippen molar-refractivity contribution >= 4 is 39.9 Å². The molecule has 7 nitrogen and oxygen atoms in total. The number of nitrogens with one attached hydrogen (secondary N) is 1. The van der Waals surface area contributed by atoms with Gasteiger partial charge in [-0.15, -0.1) is 0 Å². The van der Waals surface area contributed by atoms with Gasteiger partial charge in [-0.1, -0.05) is 36.4 Å². The summed E-state index contributed by atoms with van der Waals surface area (Å²) in [5.41, 5.74) is 1.43. The van der Waals surface area contributed by atoms with E-state index in [4.69, 9.17) is 4.74 Å². The molecule has 0 radical (unpaired) electrons. The van der Waals surface area contributed by atoms with Gasteiger partial charge in [0.25, 0.3) is 0 Å². The minimum Gasteiger partial charge on any atom is -0.497 e. The second kappa shape index (κ2) is 9.09. The molecule has 1 heterocycles. The zero-order valence-corrected chi connectivity index (χ0v) is 18.1. The van der Waals surface area contributed by atoms with Crippen molar-refractivity contribution in [1.82, 2.24) is 4.90 Å². The average Bonchev–Trinajstić information content (AvgIpc) is 3.19. The van der Waals surface area contributed by atoms with Crippen molar-refractivity contribution < 1.29 is 19.1 Å². The summed E-state index contributed by atoms with van der Waals surface area (Å²) in [6.07, 6.45) is 0.131. The number of amides is 3. The number of likely N-dealkylation sites (N-methyl/N-ethyl adjacent to an activating group) is 1. The predicted molar refractivity (Wildman–Crippen MR) is 124 cm³/mol. The lowest BCUT2D eigenvalue weighted by Gasteiger charge is -2.22. The first kappa shape index (κ1) is 21.4. The fraction of sp³-hybridized carbons (Fsp3) is 0.240. The molecule has 1 fully saturated rings. The van der Waals surface area contributed by atoms with Crippen LogP contribution in [0.5, 0.6) is 5.75 Å². The Morgan fingerprint density at radius 1 is 1.06 bits per heavy atom. The second-order valence-electron chi connectivity index (χ2n) is 7.87. The first-order chi connectivity index (χ1) is 15.5. The summed E-state index contributed by atoms with van der Waals surface area (Å²) < 4.78 is 5.10. The van der Waals surface area contributed by atoms with Crippen molar-refractivity contribution in [3.05, 3.63) is 66.7 Å². The van der Waals surface area contributed by atoms with Crippen molar-refractivity contribution in [3.8, 4) is 5.75 Å². The number of hydrogen-bond acceptors (Lipinski definition) is 4. The Bertz CT molecular complexity index is 1150. The van der Waals surface area contributed by atoms with E-state index in [2.05, 4.69) is 5.32 Å². The quantitative estimate of drug-likeness (QED) is 0.650. The van der Waals surface area contributed by atoms with E-state index in [-0.39, 0.29) is 30.7 Å². The summed E-state index contributed by atoms with van der Waals surface area (Å²) in [6.45, 7) is 0.208. The Kier molecular flexibility index (Phi) is 6.07. The maximum Gasteiger partial charge on any atom is 0.243 e. The van der Waals surface area contributed by atoms with Crippen LogP contribution in [0.15, 0.2) is 66.7 Å². The highest BCUT2D eigenvalue weighted by Gasteiger charge is 2.37. The van der Waals surface area contributed by atoms with Gasteiger partial charge in [0.05, 0.1) is 25.3 Å². The van der Waals surface area contributed by atoms with Gasteiger partial charge in [0.1, 0.15) is 5.75 Å². The normalized spacial score (nSPS) is 15.6. The molecular formula is C25H25N3O4. The summed E-state index contributed by atoms with van der Waals surface area (Å²) in [4.78, 5) is 41.1. The van der Waals surface area contributed by atoms with Gasteiger partial charge in [-0.05, 0) is 35.7 Å².